The van der Waals surface area contributed by atoms with Crippen molar-refractivity contribution in [3.63, 3.8) is 0 Å². The highest BCUT2D eigenvalue weighted by molar-refractivity contribution is 6.24. The van der Waals surface area contributed by atoms with Gasteiger partial charge in [0.1, 0.15) is 0 Å². The van der Waals surface area contributed by atoms with Gasteiger partial charge < -0.3 is 5.32 Å². The maximum atomic E-state index is 11.5. The molecule has 0 bridgehead atoms. The van der Waals surface area contributed by atoms with Crippen molar-refractivity contribution < 1.29 is 19.2 Å². The van der Waals surface area contributed by atoms with E-state index in [1.165, 1.54) is 0 Å². The summed E-state index contributed by atoms with van der Waals surface area (Å²) in [4.78, 5) is 36.4. The number of nitrogens with zero attached hydrogens (tertiary/aromatic N) is 1. The van der Waals surface area contributed by atoms with Crippen molar-refractivity contribution in [1.29, 1.82) is 5.53 Å². The molecule has 0 aliphatic heterocycles. The molecule has 0 aliphatic carbocycles. The van der Waals surface area contributed by atoms with Gasteiger partial charge in [0, 0.05) is 5.56 Å². The summed E-state index contributed by atoms with van der Waals surface area (Å²) in [5.74, 6) is -1.73. The topological polar surface area (TPSA) is 125 Å². The first kappa shape index (κ1) is 14.1. The number of hydrogen-bond donors (Lipinski definition) is 4. The van der Waals surface area contributed by atoms with Gasteiger partial charge in [-0.2, -0.15) is 0 Å². The Morgan fingerprint density at radius 2 is 1.84 bits per heavy atom. The van der Waals surface area contributed by atoms with Crippen LogP contribution in [0.5, 0.6) is 0 Å². The quantitative estimate of drug-likeness (QED) is 0.237. The molecule has 0 atom stereocenters. The lowest BCUT2D eigenvalue weighted by atomic mass is 10.2. The number of benzene rings is 1. The lowest BCUT2D eigenvalue weighted by molar-refractivity contribution is -0.133. The molecule has 1 rings (SSSR count). The zero-order valence-corrected chi connectivity index (χ0v) is 9.84. The lowest BCUT2D eigenvalue weighted by Gasteiger charge is -2.06. The molecule has 0 saturated heterocycles. The number of hydrazine groups is 1. The predicted molar refractivity (Wildman–Crippen MR) is 64.1 cm³/mol. The molecule has 0 saturated carbocycles. The Morgan fingerprint density at radius 1 is 1.16 bits per heavy atom. The van der Waals surface area contributed by atoms with E-state index in [2.05, 4.69) is 21.0 Å². The van der Waals surface area contributed by atoms with Gasteiger partial charge in [0.25, 0.3) is 11.8 Å². The Morgan fingerprint density at radius 3 is 2.47 bits per heavy atom. The van der Waals surface area contributed by atoms with E-state index in [1.54, 1.807) is 30.3 Å². The second-order valence-electron chi connectivity index (χ2n) is 3.34. The van der Waals surface area contributed by atoms with Gasteiger partial charge >= 0.3 is 12.1 Å². The van der Waals surface area contributed by atoms with Gasteiger partial charge in [0.15, 0.2) is 0 Å². The maximum absolute atomic E-state index is 11.5. The van der Waals surface area contributed by atoms with Crippen LogP contribution in [0, 0.1) is 5.53 Å². The molecule has 4 N–H and O–H groups in total. The first-order chi connectivity index (χ1) is 9.13. The molecular formula is C11H12N5O3+. The van der Waals surface area contributed by atoms with Crippen LogP contribution in [0.1, 0.15) is 10.4 Å². The fourth-order valence-corrected chi connectivity index (χ4v) is 1.10. The molecule has 0 unspecified atom stereocenters. The largest absolute Gasteiger partial charge is 0.394 e. The Hall–Kier alpha value is -2.99. The number of hydrogen-bond acceptors (Lipinski definition) is 4. The predicted octanol–water partition coefficient (Wildman–Crippen LogP) is -1.13. The lowest BCUT2D eigenvalue weighted by Crippen LogP contribution is -2.46. The summed E-state index contributed by atoms with van der Waals surface area (Å²) in [7, 11) is 0. The van der Waals surface area contributed by atoms with Crippen molar-refractivity contribution in [3.8, 4) is 0 Å². The summed E-state index contributed by atoms with van der Waals surface area (Å²) in [5.41, 5.74) is 11.1. The molecule has 1 aromatic rings. The van der Waals surface area contributed by atoms with Crippen LogP contribution in [0.25, 0.3) is 0 Å². The number of carbonyl (C=O) groups excluding carboxylic acids is 3. The highest BCUT2D eigenvalue weighted by atomic mass is 16.2. The molecule has 8 heteroatoms. The third-order valence-corrected chi connectivity index (χ3v) is 1.96. The first-order valence-electron chi connectivity index (χ1n) is 5.25. The normalized spacial score (nSPS) is 8.84. The number of nitrogens with one attached hydrogen (secondary N) is 4. The van der Waals surface area contributed by atoms with Crippen LogP contribution in [-0.4, -0.2) is 35.3 Å². The van der Waals surface area contributed by atoms with Crippen LogP contribution in [0.2, 0.25) is 0 Å². The summed E-state index contributed by atoms with van der Waals surface area (Å²) in [5, 5.41) is 2.18. The summed E-state index contributed by atoms with van der Waals surface area (Å²) < 4.78 is 0. The molecule has 0 spiro atoms. The van der Waals surface area contributed by atoms with E-state index in [0.29, 0.717) is 5.56 Å². The van der Waals surface area contributed by atoms with Gasteiger partial charge in [-0.25, -0.2) is 0 Å². The summed E-state index contributed by atoms with van der Waals surface area (Å²) in [6.07, 6.45) is 0.718. The van der Waals surface area contributed by atoms with E-state index < -0.39 is 17.7 Å². The second kappa shape index (κ2) is 7.36. The third-order valence-electron chi connectivity index (χ3n) is 1.96. The monoisotopic (exact) mass is 262 g/mol. The van der Waals surface area contributed by atoms with Crippen LogP contribution in [0.4, 0.5) is 0 Å². The highest BCUT2D eigenvalue weighted by Crippen LogP contribution is 1.96. The van der Waals surface area contributed by atoms with Crippen molar-refractivity contribution in [2.45, 2.75) is 0 Å². The zero-order chi connectivity index (χ0) is 14.1. The number of amides is 3. The van der Waals surface area contributed by atoms with Gasteiger partial charge in [-0.3, -0.25) is 25.2 Å². The summed E-state index contributed by atoms with van der Waals surface area (Å²) in [6.45, 7) is -0.333. The smallest absolute Gasteiger partial charge is 0.337 e. The van der Waals surface area contributed by atoms with Crippen molar-refractivity contribution >= 4 is 23.9 Å². The third kappa shape index (κ3) is 5.24. The van der Waals surface area contributed by atoms with Gasteiger partial charge in [0.05, 0.1) is 16.9 Å². The molecule has 0 fully saturated rings. The molecule has 1 aromatic carbocycles. The standard InChI is InChI=1S/C11H11N5O3/c12-14-7-9(17)13-6-10(18)15-16-11(19)8-4-2-1-3-5-8/h1-5,7H,6H2,(H3,12,13,17)/p+1. The molecule has 8 nitrogen and oxygen atoms in total. The average Bonchev–Trinajstić information content (AvgIpc) is 2.44. The minimum atomic E-state index is -0.667. The van der Waals surface area contributed by atoms with Crippen molar-refractivity contribution in [2.24, 2.45) is 0 Å². The van der Waals surface area contributed by atoms with Gasteiger partial charge in [-0.1, -0.05) is 18.2 Å². The molecule has 0 aliphatic rings. The Labute approximate surface area is 108 Å². The second-order valence-corrected chi connectivity index (χ2v) is 3.34. The van der Waals surface area contributed by atoms with Crippen LogP contribution >= 0.6 is 0 Å². The zero-order valence-electron chi connectivity index (χ0n) is 9.84. The van der Waals surface area contributed by atoms with E-state index in [-0.39, 0.29) is 6.54 Å². The van der Waals surface area contributed by atoms with E-state index >= 15 is 0 Å². The molecule has 0 aromatic heterocycles. The molecular weight excluding hydrogens is 250 g/mol. The fourth-order valence-electron chi connectivity index (χ4n) is 1.10. The van der Waals surface area contributed by atoms with Gasteiger partial charge in [0.2, 0.25) is 0 Å². The van der Waals surface area contributed by atoms with Crippen molar-refractivity contribution in [3.05, 3.63) is 35.9 Å². The van der Waals surface area contributed by atoms with E-state index in [9.17, 15) is 14.4 Å². The van der Waals surface area contributed by atoms with Gasteiger partial charge in [-0.05, 0) is 12.1 Å². The van der Waals surface area contributed by atoms with Gasteiger partial charge in [-0.15, -0.1) is 0 Å². The van der Waals surface area contributed by atoms with Crippen LogP contribution < -0.4 is 16.2 Å². The number of carbonyl (C=O) groups is 3. The SMILES string of the molecule is N=[N+]=CC(=O)NCC(=O)NNC(=O)c1ccccc1. The minimum absolute atomic E-state index is 0.333. The molecule has 0 heterocycles. The fraction of sp³-hybridized carbons (Fsp3) is 0.0909. The summed E-state index contributed by atoms with van der Waals surface area (Å²) in [6, 6.07) is 8.33. The maximum Gasteiger partial charge on any atom is 0.394 e. The van der Waals surface area contributed by atoms with E-state index in [0.717, 1.165) is 6.21 Å². The Balaban J connectivity index is 2.33. The highest BCUT2D eigenvalue weighted by Gasteiger charge is 2.08. The van der Waals surface area contributed by atoms with Crippen LogP contribution in [0.15, 0.2) is 30.3 Å². The molecule has 19 heavy (non-hydrogen) atoms. The average molecular weight is 262 g/mol. The molecule has 3 amide bonds. The van der Waals surface area contributed by atoms with Crippen molar-refractivity contribution in [2.75, 3.05) is 6.54 Å². The Bertz CT molecular complexity index is 522. The van der Waals surface area contributed by atoms with Crippen LogP contribution in [-0.2, 0) is 9.59 Å². The molecule has 0 radical (unpaired) electrons. The summed E-state index contributed by atoms with van der Waals surface area (Å²) >= 11 is 0. The number of rotatable bonds is 4. The van der Waals surface area contributed by atoms with Crippen LogP contribution in [0.3, 0.4) is 0 Å². The first-order valence-corrected chi connectivity index (χ1v) is 5.25. The molecule has 98 valence electrons. The van der Waals surface area contributed by atoms with Crippen molar-refractivity contribution in [1.82, 2.24) is 16.2 Å². The minimum Gasteiger partial charge on any atom is -0.337 e. The Kier molecular flexibility index (Phi) is 5.45. The van der Waals surface area contributed by atoms with E-state index in [1.807, 2.05) is 0 Å². The van der Waals surface area contributed by atoms with E-state index in [4.69, 9.17) is 5.53 Å².